The summed E-state index contributed by atoms with van der Waals surface area (Å²) >= 11 is 5.75. The molecule has 1 aliphatic rings. The minimum atomic E-state index is -4.02. The zero-order chi connectivity index (χ0) is 17.3. The predicted octanol–water partition coefficient (Wildman–Crippen LogP) is -0.129. The molecule has 1 aromatic carbocycles. The Balaban J connectivity index is 2.37. The monoisotopic (exact) mass is 383 g/mol. The van der Waals surface area contributed by atoms with Gasteiger partial charge in [-0.05, 0) is 30.7 Å². The lowest BCUT2D eigenvalue weighted by Gasteiger charge is -2.28. The van der Waals surface area contributed by atoms with Crippen LogP contribution in [0, 0.1) is 0 Å². The Kier molecular flexibility index (Phi) is 5.70. The van der Waals surface area contributed by atoms with Gasteiger partial charge in [-0.1, -0.05) is 11.6 Å². The van der Waals surface area contributed by atoms with Gasteiger partial charge in [0.15, 0.2) is 9.84 Å². The quantitative estimate of drug-likeness (QED) is 0.707. The smallest absolute Gasteiger partial charge is 0.243 e. The minimum Gasteiger partial charge on any atom is -0.394 e. The minimum absolute atomic E-state index is 0.0451. The number of benzene rings is 1. The van der Waals surface area contributed by atoms with Gasteiger partial charge in [0.05, 0.1) is 29.1 Å². The molecular weight excluding hydrogens is 366 g/mol. The second-order valence-electron chi connectivity index (χ2n) is 5.42. The molecule has 0 spiro atoms. The molecule has 130 valence electrons. The summed E-state index contributed by atoms with van der Waals surface area (Å²) in [6, 6.07) is 4.71. The van der Waals surface area contributed by atoms with Crippen LogP contribution < -0.4 is 0 Å². The molecule has 1 heterocycles. The molecule has 7 nitrogen and oxygen atoms in total. The van der Waals surface area contributed by atoms with Crippen molar-refractivity contribution in [2.24, 2.45) is 0 Å². The lowest BCUT2D eigenvalue weighted by atomic mass is 10.2. The van der Waals surface area contributed by atoms with Crippen molar-refractivity contribution < 1.29 is 27.0 Å². The zero-order valence-electron chi connectivity index (χ0n) is 12.2. The predicted molar refractivity (Wildman–Crippen MR) is 85.5 cm³/mol. The van der Waals surface area contributed by atoms with Gasteiger partial charge < -0.3 is 10.2 Å². The Bertz CT molecular complexity index is 747. The standard InChI is InChI=1S/C13H18ClNO6S2/c14-10-1-3-13(4-2-10)23(20,21)15(7-12(17)8-16)11-5-6-22(18,19)9-11/h1-4,11-12,16-17H,5-9H2/t11-,12+/m0/s1. The number of aliphatic hydroxyl groups is 2. The molecule has 0 amide bonds. The topological polar surface area (TPSA) is 112 Å². The number of hydrogen-bond acceptors (Lipinski definition) is 6. The fraction of sp³-hybridized carbons (Fsp3) is 0.538. The van der Waals surface area contributed by atoms with Crippen molar-refractivity contribution in [3.63, 3.8) is 0 Å². The van der Waals surface area contributed by atoms with Crippen LogP contribution in [0.15, 0.2) is 29.2 Å². The Hall–Kier alpha value is -0.710. The van der Waals surface area contributed by atoms with Crippen molar-refractivity contribution in [2.75, 3.05) is 24.7 Å². The van der Waals surface area contributed by atoms with Crippen LogP contribution >= 0.6 is 11.6 Å². The largest absolute Gasteiger partial charge is 0.394 e. The summed E-state index contributed by atoms with van der Waals surface area (Å²) < 4.78 is 49.9. The number of rotatable bonds is 6. The summed E-state index contributed by atoms with van der Waals surface area (Å²) in [6.07, 6.45) is -1.13. The van der Waals surface area contributed by atoms with Crippen LogP contribution in [0.5, 0.6) is 0 Å². The molecule has 23 heavy (non-hydrogen) atoms. The molecule has 0 aromatic heterocycles. The molecule has 2 atom stereocenters. The normalized spacial score (nSPS) is 22.3. The fourth-order valence-electron chi connectivity index (χ4n) is 2.45. The van der Waals surface area contributed by atoms with E-state index in [2.05, 4.69) is 0 Å². The van der Waals surface area contributed by atoms with Crippen LogP contribution in [-0.4, -0.2) is 68.2 Å². The van der Waals surface area contributed by atoms with Gasteiger partial charge in [-0.3, -0.25) is 0 Å². The van der Waals surface area contributed by atoms with Crippen LogP contribution in [0.3, 0.4) is 0 Å². The number of sulfone groups is 1. The average Bonchev–Trinajstić information content (AvgIpc) is 2.84. The number of aliphatic hydroxyl groups excluding tert-OH is 2. The third-order valence-electron chi connectivity index (χ3n) is 3.64. The third-order valence-corrected chi connectivity index (χ3v) is 7.57. The second-order valence-corrected chi connectivity index (χ2v) is 9.98. The maximum atomic E-state index is 12.8. The SMILES string of the molecule is O=S1(=O)CC[C@H](N(C[C@@H](O)CO)S(=O)(=O)c2ccc(Cl)cc2)C1. The maximum absolute atomic E-state index is 12.8. The van der Waals surface area contributed by atoms with E-state index in [0.717, 1.165) is 4.31 Å². The third kappa shape index (κ3) is 4.43. The van der Waals surface area contributed by atoms with E-state index in [0.29, 0.717) is 5.02 Å². The van der Waals surface area contributed by atoms with E-state index in [1.165, 1.54) is 24.3 Å². The Morgan fingerprint density at radius 2 is 1.91 bits per heavy atom. The van der Waals surface area contributed by atoms with E-state index < -0.39 is 38.6 Å². The molecule has 0 saturated carbocycles. The molecule has 0 bridgehead atoms. The fourth-order valence-corrected chi connectivity index (χ4v) is 6.10. The summed E-state index contributed by atoms with van der Waals surface area (Å²) in [6.45, 7) is -0.992. The molecule has 0 aliphatic carbocycles. The second kappa shape index (κ2) is 7.04. The highest BCUT2D eigenvalue weighted by molar-refractivity contribution is 7.92. The van der Waals surface area contributed by atoms with Crippen LogP contribution in [0.4, 0.5) is 0 Å². The highest BCUT2D eigenvalue weighted by Crippen LogP contribution is 2.26. The van der Waals surface area contributed by atoms with Gasteiger partial charge in [0, 0.05) is 17.6 Å². The molecule has 1 aromatic rings. The van der Waals surface area contributed by atoms with E-state index in [1.807, 2.05) is 0 Å². The van der Waals surface area contributed by atoms with E-state index >= 15 is 0 Å². The summed E-state index contributed by atoms with van der Waals surface area (Å²) in [7, 11) is -7.32. The first-order chi connectivity index (χ1) is 10.7. The molecule has 2 N–H and O–H groups in total. The number of hydrogen-bond donors (Lipinski definition) is 2. The molecule has 2 rings (SSSR count). The number of nitrogens with zero attached hydrogens (tertiary/aromatic N) is 1. The van der Waals surface area contributed by atoms with Crippen molar-refractivity contribution in [1.82, 2.24) is 4.31 Å². The van der Waals surface area contributed by atoms with Gasteiger partial charge in [-0.2, -0.15) is 4.31 Å². The van der Waals surface area contributed by atoms with E-state index in [4.69, 9.17) is 16.7 Å². The average molecular weight is 384 g/mol. The summed E-state index contributed by atoms with van der Waals surface area (Å²) in [5.41, 5.74) is 0. The maximum Gasteiger partial charge on any atom is 0.243 e. The first kappa shape index (κ1) is 18.6. The first-order valence-electron chi connectivity index (χ1n) is 6.92. The van der Waals surface area contributed by atoms with Gasteiger partial charge in [-0.15, -0.1) is 0 Å². The lowest BCUT2D eigenvalue weighted by molar-refractivity contribution is 0.0730. The number of halogens is 1. The summed E-state index contributed by atoms with van der Waals surface area (Å²) in [4.78, 5) is -0.0451. The van der Waals surface area contributed by atoms with Crippen molar-refractivity contribution in [3.8, 4) is 0 Å². The molecule has 10 heteroatoms. The summed E-state index contributed by atoms with van der Waals surface area (Å²) in [5.74, 6) is -0.391. The Labute approximate surface area is 140 Å². The van der Waals surface area contributed by atoms with Crippen LogP contribution in [0.2, 0.25) is 5.02 Å². The summed E-state index contributed by atoms with van der Waals surface area (Å²) in [5, 5.41) is 19.0. The molecule has 0 unspecified atom stereocenters. The van der Waals surface area contributed by atoms with Crippen LogP contribution in [-0.2, 0) is 19.9 Å². The first-order valence-corrected chi connectivity index (χ1v) is 10.6. The van der Waals surface area contributed by atoms with Gasteiger partial charge in [0.25, 0.3) is 0 Å². The van der Waals surface area contributed by atoms with Gasteiger partial charge >= 0.3 is 0 Å². The van der Waals surface area contributed by atoms with E-state index in [9.17, 15) is 21.9 Å². The Morgan fingerprint density at radius 1 is 1.30 bits per heavy atom. The molecule has 0 radical (unpaired) electrons. The van der Waals surface area contributed by atoms with Gasteiger partial charge in [0.2, 0.25) is 10.0 Å². The van der Waals surface area contributed by atoms with Crippen molar-refractivity contribution >= 4 is 31.5 Å². The van der Waals surface area contributed by atoms with Crippen LogP contribution in [0.25, 0.3) is 0 Å². The Morgan fingerprint density at radius 3 is 2.39 bits per heavy atom. The molecule has 1 saturated heterocycles. The molecule has 1 fully saturated rings. The van der Waals surface area contributed by atoms with Gasteiger partial charge in [-0.25, -0.2) is 16.8 Å². The van der Waals surface area contributed by atoms with E-state index in [1.54, 1.807) is 0 Å². The van der Waals surface area contributed by atoms with Crippen LogP contribution in [0.1, 0.15) is 6.42 Å². The number of sulfonamides is 1. The van der Waals surface area contributed by atoms with E-state index in [-0.39, 0.29) is 29.4 Å². The highest BCUT2D eigenvalue weighted by atomic mass is 35.5. The van der Waals surface area contributed by atoms with Crippen molar-refractivity contribution in [3.05, 3.63) is 29.3 Å². The zero-order valence-corrected chi connectivity index (χ0v) is 14.6. The molecule has 1 aliphatic heterocycles. The van der Waals surface area contributed by atoms with Crippen molar-refractivity contribution in [2.45, 2.75) is 23.5 Å². The van der Waals surface area contributed by atoms with Crippen molar-refractivity contribution in [1.29, 1.82) is 0 Å². The lowest BCUT2D eigenvalue weighted by Crippen LogP contribution is -2.46. The molecular formula is C13H18ClNO6S2. The highest BCUT2D eigenvalue weighted by Gasteiger charge is 2.39. The van der Waals surface area contributed by atoms with Gasteiger partial charge in [0.1, 0.15) is 0 Å².